The van der Waals surface area contributed by atoms with Gasteiger partial charge < -0.3 is 10.1 Å². The highest BCUT2D eigenvalue weighted by Crippen LogP contribution is 2.45. The number of rotatable bonds is 7. The van der Waals surface area contributed by atoms with E-state index in [9.17, 15) is 22.8 Å². The number of anilines is 2. The van der Waals surface area contributed by atoms with E-state index in [1.54, 1.807) is 38.1 Å². The van der Waals surface area contributed by atoms with Crippen molar-refractivity contribution in [3.8, 4) is 0 Å². The molecule has 1 aliphatic heterocycles. The van der Waals surface area contributed by atoms with Gasteiger partial charge in [0.15, 0.2) is 6.61 Å². The number of benzene rings is 2. The predicted molar refractivity (Wildman–Crippen MR) is 131 cm³/mol. The second kappa shape index (κ2) is 9.79. The number of amides is 2. The van der Waals surface area contributed by atoms with Crippen LogP contribution in [0, 0.1) is 0 Å². The summed E-state index contributed by atoms with van der Waals surface area (Å²) in [6.07, 6.45) is 2.68. The highest BCUT2D eigenvalue weighted by molar-refractivity contribution is 7.89. The number of nitrogens with one attached hydrogen (secondary N) is 1. The van der Waals surface area contributed by atoms with Gasteiger partial charge in [-0.05, 0) is 43.2 Å². The van der Waals surface area contributed by atoms with Gasteiger partial charge >= 0.3 is 5.97 Å². The molecule has 1 heterocycles. The second-order valence-electron chi connectivity index (χ2n) is 8.63. The summed E-state index contributed by atoms with van der Waals surface area (Å²) in [7, 11) is -3.75. The Morgan fingerprint density at radius 3 is 2.43 bits per heavy atom. The fourth-order valence-corrected chi connectivity index (χ4v) is 6.40. The molecule has 2 aliphatic rings. The molecule has 1 spiro atoms. The summed E-state index contributed by atoms with van der Waals surface area (Å²) < 4.78 is 32.2. The summed E-state index contributed by atoms with van der Waals surface area (Å²) in [4.78, 5) is 40.6. The van der Waals surface area contributed by atoms with Crippen molar-refractivity contribution in [1.29, 1.82) is 0 Å². The average Bonchev–Trinajstić information content (AvgIpc) is 3.34. The van der Waals surface area contributed by atoms with Crippen LogP contribution >= 0.6 is 0 Å². The third-order valence-electron chi connectivity index (χ3n) is 6.66. The van der Waals surface area contributed by atoms with Gasteiger partial charge in [0, 0.05) is 13.1 Å². The van der Waals surface area contributed by atoms with Gasteiger partial charge in [-0.15, -0.1) is 0 Å². The number of ether oxygens (including phenoxy) is 1. The van der Waals surface area contributed by atoms with E-state index in [0.29, 0.717) is 37.3 Å². The maximum atomic E-state index is 13.4. The van der Waals surface area contributed by atoms with E-state index >= 15 is 0 Å². The van der Waals surface area contributed by atoms with Gasteiger partial charge in [-0.25, -0.2) is 13.2 Å². The minimum Gasteiger partial charge on any atom is -0.452 e. The number of hydrogen-bond acceptors (Lipinski definition) is 6. The topological polar surface area (TPSA) is 113 Å². The summed E-state index contributed by atoms with van der Waals surface area (Å²) in [6, 6.07) is 12.6. The minimum atomic E-state index is -3.75. The van der Waals surface area contributed by atoms with Crippen LogP contribution in [0.3, 0.4) is 0 Å². The van der Waals surface area contributed by atoms with Gasteiger partial charge in [-0.1, -0.05) is 44.9 Å². The predicted octanol–water partition coefficient (Wildman–Crippen LogP) is 3.17. The molecular formula is C25H29N3O6S. The molecule has 2 amide bonds. The highest BCUT2D eigenvalue weighted by Gasteiger charge is 2.52. The van der Waals surface area contributed by atoms with E-state index in [-0.39, 0.29) is 16.4 Å². The fraction of sp³-hybridized carbons (Fsp3) is 0.400. The monoisotopic (exact) mass is 499 g/mol. The lowest BCUT2D eigenvalue weighted by Gasteiger charge is -2.44. The summed E-state index contributed by atoms with van der Waals surface area (Å²) in [5.41, 5.74) is 0.125. The highest BCUT2D eigenvalue weighted by atomic mass is 32.2. The summed E-state index contributed by atoms with van der Waals surface area (Å²) in [5.74, 6) is -1.55. The van der Waals surface area contributed by atoms with Crippen LogP contribution in [0.25, 0.3) is 0 Å². The maximum Gasteiger partial charge on any atom is 0.338 e. The zero-order valence-corrected chi connectivity index (χ0v) is 20.6. The first-order valence-corrected chi connectivity index (χ1v) is 13.2. The first kappa shape index (κ1) is 24.9. The van der Waals surface area contributed by atoms with Gasteiger partial charge in [-0.3, -0.25) is 14.5 Å². The first-order chi connectivity index (χ1) is 16.7. The first-order valence-electron chi connectivity index (χ1n) is 11.8. The van der Waals surface area contributed by atoms with Crippen LogP contribution in [0.15, 0.2) is 53.4 Å². The largest absolute Gasteiger partial charge is 0.452 e. The maximum absolute atomic E-state index is 13.4. The molecule has 0 saturated heterocycles. The molecule has 35 heavy (non-hydrogen) atoms. The third kappa shape index (κ3) is 4.43. The fourth-order valence-electron chi connectivity index (χ4n) is 4.90. The number of para-hydroxylation sites is 2. The Hall–Kier alpha value is -3.24. The molecule has 9 nitrogen and oxygen atoms in total. The molecule has 0 bridgehead atoms. The third-order valence-corrected chi connectivity index (χ3v) is 8.71. The van der Waals surface area contributed by atoms with Crippen LogP contribution in [-0.2, 0) is 24.3 Å². The van der Waals surface area contributed by atoms with Crippen LogP contribution < -0.4 is 10.2 Å². The van der Waals surface area contributed by atoms with E-state index in [1.807, 2.05) is 0 Å². The van der Waals surface area contributed by atoms with E-state index in [4.69, 9.17) is 4.74 Å². The number of sulfonamides is 1. The Balaban J connectivity index is 1.55. The van der Waals surface area contributed by atoms with Crippen LogP contribution in [0.2, 0.25) is 0 Å². The summed E-state index contributed by atoms with van der Waals surface area (Å²) in [5, 5.41) is 2.91. The molecule has 0 radical (unpaired) electrons. The van der Waals surface area contributed by atoms with Crippen LogP contribution in [0.5, 0.6) is 0 Å². The van der Waals surface area contributed by atoms with Gasteiger partial charge in [0.05, 0.1) is 21.8 Å². The molecule has 2 aromatic rings. The van der Waals surface area contributed by atoms with Crippen molar-refractivity contribution < 1.29 is 27.5 Å². The number of hydrogen-bond donors (Lipinski definition) is 1. The molecule has 1 saturated carbocycles. The summed E-state index contributed by atoms with van der Waals surface area (Å²) >= 11 is 0. The summed E-state index contributed by atoms with van der Waals surface area (Å²) in [6.45, 7) is 3.50. The lowest BCUT2D eigenvalue weighted by atomic mass is 9.90. The molecule has 0 aromatic heterocycles. The SMILES string of the molecule is CCN(CC)S(=O)(=O)c1cccc(C(=O)OCC(=O)N2c3ccccc3NC(=O)C23CCCC3)c1. The lowest BCUT2D eigenvalue weighted by molar-refractivity contribution is -0.129. The van der Waals surface area contributed by atoms with E-state index in [2.05, 4.69) is 5.32 Å². The zero-order valence-electron chi connectivity index (χ0n) is 19.8. The molecule has 1 N–H and O–H groups in total. The van der Waals surface area contributed by atoms with E-state index in [1.165, 1.54) is 33.5 Å². The van der Waals surface area contributed by atoms with Crippen LogP contribution in [-0.4, -0.2) is 55.7 Å². The Bertz CT molecular complexity index is 1250. The number of esters is 1. The van der Waals surface area contributed by atoms with Gasteiger partial charge in [-0.2, -0.15) is 4.31 Å². The molecular weight excluding hydrogens is 470 g/mol. The molecule has 0 unspecified atom stereocenters. The van der Waals surface area contributed by atoms with Gasteiger partial charge in [0.25, 0.3) is 11.8 Å². The lowest BCUT2D eigenvalue weighted by Crippen LogP contribution is -2.61. The normalized spacial score (nSPS) is 16.8. The molecule has 1 fully saturated rings. The molecule has 0 atom stereocenters. The smallest absolute Gasteiger partial charge is 0.338 e. The van der Waals surface area contributed by atoms with Crippen LogP contribution in [0.4, 0.5) is 11.4 Å². The molecule has 1 aliphatic carbocycles. The molecule has 10 heteroatoms. The van der Waals surface area contributed by atoms with Crippen molar-refractivity contribution in [2.75, 3.05) is 29.9 Å². The quantitative estimate of drug-likeness (QED) is 0.586. The average molecular weight is 500 g/mol. The number of carbonyl (C=O) groups excluding carboxylic acids is 3. The standard InChI is InChI=1S/C25H29N3O6S/c1-3-27(4-2)35(32,33)19-11-9-10-18(16-19)23(30)34-17-22(29)28-21-13-6-5-12-20(21)26-24(31)25(28)14-7-8-15-25/h5-6,9-13,16H,3-4,7-8,14-15,17H2,1-2H3,(H,26,31). The van der Waals surface area contributed by atoms with E-state index in [0.717, 1.165) is 12.8 Å². The Morgan fingerprint density at radius 1 is 1.06 bits per heavy atom. The number of nitrogens with zero attached hydrogens (tertiary/aromatic N) is 2. The minimum absolute atomic E-state index is 0.0199. The Labute approximate surface area is 205 Å². The van der Waals surface area contributed by atoms with E-state index < -0.39 is 34.0 Å². The van der Waals surface area contributed by atoms with Gasteiger partial charge in [0.2, 0.25) is 10.0 Å². The Kier molecular flexibility index (Phi) is 6.95. The van der Waals surface area contributed by atoms with Crippen molar-refractivity contribution in [3.05, 3.63) is 54.1 Å². The van der Waals surface area contributed by atoms with Crippen molar-refractivity contribution >= 4 is 39.2 Å². The number of carbonyl (C=O) groups is 3. The second-order valence-corrected chi connectivity index (χ2v) is 10.6. The molecule has 186 valence electrons. The van der Waals surface area contributed by atoms with Crippen molar-refractivity contribution in [2.24, 2.45) is 0 Å². The number of fused-ring (bicyclic) bond motifs is 1. The van der Waals surface area contributed by atoms with Crippen LogP contribution in [0.1, 0.15) is 49.9 Å². The van der Waals surface area contributed by atoms with Crippen molar-refractivity contribution in [2.45, 2.75) is 50.0 Å². The zero-order chi connectivity index (χ0) is 25.2. The van der Waals surface area contributed by atoms with Crippen molar-refractivity contribution in [1.82, 2.24) is 4.31 Å². The molecule has 2 aromatic carbocycles. The van der Waals surface area contributed by atoms with Gasteiger partial charge in [0.1, 0.15) is 5.54 Å². The molecule has 4 rings (SSSR count). The Morgan fingerprint density at radius 2 is 1.74 bits per heavy atom. The van der Waals surface area contributed by atoms with Crippen molar-refractivity contribution in [3.63, 3.8) is 0 Å².